The minimum Gasteiger partial charge on any atom is -0.475 e. The number of aromatic carboxylic acids is 1. The van der Waals surface area contributed by atoms with E-state index in [1.54, 1.807) is 0 Å². The molecule has 0 bridgehead atoms. The lowest BCUT2D eigenvalue weighted by atomic mass is 10.5. The smallest absolute Gasteiger partial charge is 0.371 e. The summed E-state index contributed by atoms with van der Waals surface area (Å²) in [4.78, 5) is 10.2. The van der Waals surface area contributed by atoms with Crippen molar-refractivity contribution in [3.05, 3.63) is 17.9 Å². The van der Waals surface area contributed by atoms with Crippen molar-refractivity contribution in [1.29, 1.82) is 0 Å². The van der Waals surface area contributed by atoms with Crippen LogP contribution >= 0.6 is 0 Å². The molecule has 11 heavy (non-hydrogen) atoms. The van der Waals surface area contributed by atoms with E-state index in [0.717, 1.165) is 12.1 Å². The minimum atomic E-state index is -2.25. The van der Waals surface area contributed by atoms with Crippen molar-refractivity contribution >= 4 is 17.0 Å². The highest BCUT2D eigenvalue weighted by molar-refractivity contribution is 7.79. The largest absolute Gasteiger partial charge is 0.475 e. The van der Waals surface area contributed by atoms with Crippen molar-refractivity contribution in [2.75, 3.05) is 0 Å². The molecule has 1 unspecified atom stereocenters. The number of carboxylic acid groups (broad SMARTS) is 1. The molecule has 0 spiro atoms. The summed E-state index contributed by atoms with van der Waals surface area (Å²) in [6.07, 6.45) is 0. The van der Waals surface area contributed by atoms with Gasteiger partial charge in [0.2, 0.25) is 21.9 Å². The van der Waals surface area contributed by atoms with Gasteiger partial charge >= 0.3 is 5.97 Å². The van der Waals surface area contributed by atoms with Gasteiger partial charge in [0, 0.05) is 0 Å². The molecule has 0 aliphatic heterocycles. The van der Waals surface area contributed by atoms with Crippen molar-refractivity contribution in [1.82, 2.24) is 0 Å². The second-order valence-corrected chi connectivity index (χ2v) is 2.57. The number of carboxylic acids is 1. The summed E-state index contributed by atoms with van der Waals surface area (Å²) in [5.74, 6) is -1.61. The van der Waals surface area contributed by atoms with Gasteiger partial charge in [0.15, 0.2) is 0 Å². The average Bonchev–Trinajstić information content (AvgIpc) is 2.33. The van der Waals surface area contributed by atoms with Crippen LogP contribution in [0.5, 0.6) is 0 Å². The normalized spacial score (nSPS) is 12.8. The van der Waals surface area contributed by atoms with Gasteiger partial charge < -0.3 is 9.52 Å². The van der Waals surface area contributed by atoms with Crippen LogP contribution in [0.2, 0.25) is 0 Å². The lowest BCUT2D eigenvalue weighted by Gasteiger charge is -1.85. The fourth-order valence-electron chi connectivity index (χ4n) is 0.529. The zero-order valence-electron chi connectivity index (χ0n) is 5.18. The fraction of sp³-hybridized carbons (Fsp3) is 0. The molecule has 0 fully saturated rings. The molecular weight excluding hydrogens is 172 g/mol. The second kappa shape index (κ2) is 2.85. The van der Waals surface area contributed by atoms with E-state index >= 15 is 0 Å². The SMILES string of the molecule is O=C(O)c1ccc(S(=O)O)o1. The molecule has 1 aromatic rings. The highest BCUT2D eigenvalue weighted by Gasteiger charge is 2.11. The molecule has 0 aliphatic carbocycles. The second-order valence-electron chi connectivity index (χ2n) is 1.67. The van der Waals surface area contributed by atoms with E-state index in [0.29, 0.717) is 0 Å². The molecule has 1 atom stereocenters. The van der Waals surface area contributed by atoms with Gasteiger partial charge in [0.1, 0.15) is 0 Å². The molecule has 60 valence electrons. The first-order valence-corrected chi connectivity index (χ1v) is 3.66. The molecule has 0 saturated heterocycles. The number of hydrogen-bond donors (Lipinski definition) is 2. The maximum Gasteiger partial charge on any atom is 0.371 e. The van der Waals surface area contributed by atoms with Crippen LogP contribution in [0.15, 0.2) is 21.6 Å². The zero-order valence-corrected chi connectivity index (χ0v) is 6.00. The van der Waals surface area contributed by atoms with Crippen molar-refractivity contribution in [3.63, 3.8) is 0 Å². The van der Waals surface area contributed by atoms with Crippen LogP contribution in [0.1, 0.15) is 10.6 Å². The Balaban J connectivity index is 2.99. The van der Waals surface area contributed by atoms with Gasteiger partial charge in [-0.2, -0.15) is 0 Å². The van der Waals surface area contributed by atoms with Crippen LogP contribution in [0.4, 0.5) is 0 Å². The molecule has 5 nitrogen and oxygen atoms in total. The molecular formula is C5H4O5S. The predicted octanol–water partition coefficient (Wildman–Crippen LogP) is 0.558. The quantitative estimate of drug-likeness (QED) is 0.642. The molecule has 2 N–H and O–H groups in total. The summed E-state index contributed by atoms with van der Waals surface area (Å²) in [6.45, 7) is 0. The standard InChI is InChI=1S/C5H4O5S/c6-5(7)3-1-2-4(10-3)11(8)9/h1-2H,(H,6,7)(H,8,9). The van der Waals surface area contributed by atoms with Gasteiger partial charge in [-0.3, -0.25) is 4.55 Å². The molecule has 0 saturated carbocycles. The maximum absolute atomic E-state index is 10.3. The zero-order chi connectivity index (χ0) is 8.43. The summed E-state index contributed by atoms with van der Waals surface area (Å²) in [7, 11) is 0. The van der Waals surface area contributed by atoms with Crippen LogP contribution in [0, 0.1) is 0 Å². The van der Waals surface area contributed by atoms with Crippen LogP contribution in [0.25, 0.3) is 0 Å². The van der Waals surface area contributed by atoms with Crippen LogP contribution < -0.4 is 0 Å². The first-order valence-electron chi connectivity index (χ1n) is 2.55. The molecule has 0 aromatic carbocycles. The van der Waals surface area contributed by atoms with Gasteiger partial charge in [0.05, 0.1) is 0 Å². The summed E-state index contributed by atoms with van der Waals surface area (Å²) in [6, 6.07) is 2.26. The van der Waals surface area contributed by atoms with E-state index in [1.165, 1.54) is 0 Å². The topological polar surface area (TPSA) is 87.7 Å². The van der Waals surface area contributed by atoms with Gasteiger partial charge in [0.25, 0.3) is 0 Å². The molecule has 1 rings (SSSR count). The Labute approximate surface area is 63.9 Å². The number of carbonyl (C=O) groups is 1. The first-order chi connectivity index (χ1) is 5.11. The van der Waals surface area contributed by atoms with E-state index in [-0.39, 0.29) is 10.9 Å². The van der Waals surface area contributed by atoms with E-state index in [4.69, 9.17) is 9.66 Å². The first kappa shape index (κ1) is 7.96. The Kier molecular flexibility index (Phi) is 2.06. The van der Waals surface area contributed by atoms with Gasteiger partial charge in [-0.05, 0) is 12.1 Å². The fourth-order valence-corrected chi connectivity index (χ4v) is 0.874. The Hall–Kier alpha value is -1.14. The molecule has 6 heteroatoms. The molecule has 0 amide bonds. The lowest BCUT2D eigenvalue weighted by Crippen LogP contribution is -1.92. The van der Waals surface area contributed by atoms with E-state index in [1.807, 2.05) is 0 Å². The highest BCUT2D eigenvalue weighted by atomic mass is 32.2. The van der Waals surface area contributed by atoms with Crippen molar-refractivity contribution in [3.8, 4) is 0 Å². The van der Waals surface area contributed by atoms with Gasteiger partial charge in [-0.25, -0.2) is 9.00 Å². The van der Waals surface area contributed by atoms with E-state index < -0.39 is 17.0 Å². The summed E-state index contributed by atoms with van der Waals surface area (Å²) >= 11 is -2.25. The van der Waals surface area contributed by atoms with Gasteiger partial charge in [-0.15, -0.1) is 0 Å². The van der Waals surface area contributed by atoms with Crippen molar-refractivity contribution in [2.24, 2.45) is 0 Å². The monoisotopic (exact) mass is 176 g/mol. The highest BCUT2D eigenvalue weighted by Crippen LogP contribution is 2.10. The van der Waals surface area contributed by atoms with Crippen molar-refractivity contribution < 1.29 is 23.1 Å². The molecule has 1 heterocycles. The molecule has 1 aromatic heterocycles. The number of hydrogen-bond acceptors (Lipinski definition) is 3. The maximum atomic E-state index is 10.3. The Morgan fingerprint density at radius 3 is 2.45 bits per heavy atom. The third-order valence-corrected chi connectivity index (χ3v) is 1.53. The summed E-state index contributed by atoms with van der Waals surface area (Å²) in [5.41, 5.74) is 0. The Morgan fingerprint density at radius 1 is 1.55 bits per heavy atom. The van der Waals surface area contributed by atoms with Crippen LogP contribution in [-0.4, -0.2) is 19.8 Å². The number of rotatable bonds is 2. The summed E-state index contributed by atoms with van der Waals surface area (Å²) in [5, 5.41) is 8.04. The Morgan fingerprint density at radius 2 is 2.18 bits per heavy atom. The van der Waals surface area contributed by atoms with E-state index in [9.17, 15) is 9.00 Å². The molecule has 0 radical (unpaired) electrons. The third kappa shape index (κ3) is 1.66. The van der Waals surface area contributed by atoms with Crippen LogP contribution in [0.3, 0.4) is 0 Å². The summed E-state index contributed by atoms with van der Waals surface area (Å²) < 4.78 is 23.1. The average molecular weight is 176 g/mol. The third-order valence-electron chi connectivity index (χ3n) is 0.964. The van der Waals surface area contributed by atoms with Crippen molar-refractivity contribution in [2.45, 2.75) is 5.09 Å². The lowest BCUT2D eigenvalue weighted by molar-refractivity contribution is 0.0656. The Bertz CT molecular complexity index is 273. The molecule has 0 aliphatic rings. The van der Waals surface area contributed by atoms with E-state index in [2.05, 4.69) is 4.42 Å². The number of furan rings is 1. The van der Waals surface area contributed by atoms with Gasteiger partial charge in [-0.1, -0.05) is 0 Å². The van der Waals surface area contributed by atoms with Crippen LogP contribution in [-0.2, 0) is 11.1 Å². The minimum absolute atomic E-state index is 0.262. The predicted molar refractivity (Wildman–Crippen MR) is 34.7 cm³/mol.